The number of hydrogen-bond acceptors (Lipinski definition) is 3. The lowest BCUT2D eigenvalue weighted by molar-refractivity contribution is 0.0973. The van der Waals surface area contributed by atoms with Gasteiger partial charge in [-0.1, -0.05) is 29.8 Å². The summed E-state index contributed by atoms with van der Waals surface area (Å²) < 4.78 is 30.3. The zero-order valence-electron chi connectivity index (χ0n) is 12.4. The highest BCUT2D eigenvalue weighted by Crippen LogP contribution is 2.37. The van der Waals surface area contributed by atoms with Crippen LogP contribution in [0.3, 0.4) is 0 Å². The summed E-state index contributed by atoms with van der Waals surface area (Å²) >= 11 is 3.30. The number of aryl methyl sites for hydroxylation is 1. The van der Waals surface area contributed by atoms with E-state index in [0.29, 0.717) is 22.1 Å². The Labute approximate surface area is 139 Å². The Bertz CT molecular complexity index is 630. The SMILES string of the molecule is Cc1cc(Br)cc(S(=O)(=O)Cl)c1OC1CCC(C)C(C)C1. The molecule has 0 spiro atoms. The number of benzene rings is 1. The topological polar surface area (TPSA) is 43.4 Å². The minimum absolute atomic E-state index is 0.0438. The molecule has 3 unspecified atom stereocenters. The maximum atomic E-state index is 11.8. The van der Waals surface area contributed by atoms with Crippen molar-refractivity contribution in [1.29, 1.82) is 0 Å². The van der Waals surface area contributed by atoms with Crippen LogP contribution < -0.4 is 4.74 Å². The zero-order valence-corrected chi connectivity index (χ0v) is 15.6. The molecular weight excluding hydrogens is 376 g/mol. The molecule has 0 amide bonds. The third-order valence-electron chi connectivity index (χ3n) is 4.30. The number of ether oxygens (including phenoxy) is 1. The normalized spacial score (nSPS) is 26.6. The predicted molar refractivity (Wildman–Crippen MR) is 88.5 cm³/mol. The lowest BCUT2D eigenvalue weighted by Crippen LogP contribution is -2.29. The summed E-state index contributed by atoms with van der Waals surface area (Å²) in [5, 5.41) is 0. The monoisotopic (exact) mass is 394 g/mol. The van der Waals surface area contributed by atoms with Crippen molar-refractivity contribution in [3.63, 3.8) is 0 Å². The minimum Gasteiger partial charge on any atom is -0.489 e. The van der Waals surface area contributed by atoms with Crippen molar-refractivity contribution in [2.75, 3.05) is 0 Å². The largest absolute Gasteiger partial charge is 0.489 e. The van der Waals surface area contributed by atoms with Crippen LogP contribution in [0.1, 0.15) is 38.7 Å². The first-order valence-electron chi connectivity index (χ1n) is 7.10. The van der Waals surface area contributed by atoms with Gasteiger partial charge in [0, 0.05) is 15.2 Å². The minimum atomic E-state index is -3.84. The van der Waals surface area contributed by atoms with E-state index in [1.807, 2.05) is 13.0 Å². The number of hydrogen-bond donors (Lipinski definition) is 0. The molecule has 0 aliphatic heterocycles. The van der Waals surface area contributed by atoms with Gasteiger partial charge in [0.05, 0.1) is 6.10 Å². The summed E-state index contributed by atoms with van der Waals surface area (Å²) in [6, 6.07) is 3.34. The Balaban J connectivity index is 2.32. The van der Waals surface area contributed by atoms with E-state index in [9.17, 15) is 8.42 Å². The van der Waals surface area contributed by atoms with Crippen molar-refractivity contribution >= 4 is 35.7 Å². The molecule has 1 aliphatic carbocycles. The van der Waals surface area contributed by atoms with Gasteiger partial charge in [0.25, 0.3) is 9.05 Å². The average molecular weight is 396 g/mol. The Morgan fingerprint density at radius 3 is 2.48 bits per heavy atom. The highest BCUT2D eigenvalue weighted by atomic mass is 79.9. The maximum absolute atomic E-state index is 11.8. The van der Waals surface area contributed by atoms with E-state index in [2.05, 4.69) is 29.8 Å². The van der Waals surface area contributed by atoms with Crippen molar-refractivity contribution < 1.29 is 13.2 Å². The fourth-order valence-corrected chi connectivity index (χ4v) is 4.57. The Morgan fingerprint density at radius 2 is 1.90 bits per heavy atom. The molecule has 1 aliphatic rings. The molecule has 0 bridgehead atoms. The van der Waals surface area contributed by atoms with E-state index < -0.39 is 9.05 Å². The van der Waals surface area contributed by atoms with Gasteiger partial charge in [-0.25, -0.2) is 8.42 Å². The van der Waals surface area contributed by atoms with E-state index in [-0.39, 0.29) is 11.0 Å². The second kappa shape index (κ2) is 6.47. The third-order valence-corrected chi connectivity index (χ3v) is 6.09. The standard InChI is InChI=1S/C15H20BrClO3S/c1-9-4-5-13(7-10(9)2)20-15-11(3)6-12(16)8-14(15)21(17,18)19/h6,8-10,13H,4-5,7H2,1-3H3. The van der Waals surface area contributed by atoms with Gasteiger partial charge in [-0.3, -0.25) is 0 Å². The van der Waals surface area contributed by atoms with Crippen LogP contribution in [0.5, 0.6) is 5.75 Å². The molecule has 1 fully saturated rings. The van der Waals surface area contributed by atoms with Gasteiger partial charge in [0.1, 0.15) is 10.6 Å². The van der Waals surface area contributed by atoms with Crippen molar-refractivity contribution in [2.45, 2.75) is 51.0 Å². The summed E-state index contributed by atoms with van der Waals surface area (Å²) in [4.78, 5) is 0.0438. The van der Waals surface area contributed by atoms with Crippen LogP contribution in [0, 0.1) is 18.8 Å². The van der Waals surface area contributed by atoms with Gasteiger partial charge in [0.15, 0.2) is 0 Å². The van der Waals surface area contributed by atoms with Crippen molar-refractivity contribution in [1.82, 2.24) is 0 Å². The van der Waals surface area contributed by atoms with Crippen LogP contribution in [0.2, 0.25) is 0 Å². The van der Waals surface area contributed by atoms with Gasteiger partial charge in [-0.2, -0.15) is 0 Å². The van der Waals surface area contributed by atoms with Crippen LogP contribution in [0.15, 0.2) is 21.5 Å². The summed E-state index contributed by atoms with van der Waals surface area (Å²) in [6.07, 6.45) is 3.04. The van der Waals surface area contributed by atoms with Crippen LogP contribution in [-0.2, 0) is 9.05 Å². The quantitative estimate of drug-likeness (QED) is 0.684. The molecule has 118 valence electrons. The van der Waals surface area contributed by atoms with Gasteiger partial charge < -0.3 is 4.74 Å². The first-order valence-corrected chi connectivity index (χ1v) is 10.2. The molecule has 2 rings (SSSR count). The molecule has 0 N–H and O–H groups in total. The van der Waals surface area contributed by atoms with Crippen LogP contribution in [-0.4, -0.2) is 14.5 Å². The van der Waals surface area contributed by atoms with E-state index in [4.69, 9.17) is 15.4 Å². The number of rotatable bonds is 3. The fraction of sp³-hybridized carbons (Fsp3) is 0.600. The molecule has 1 aromatic carbocycles. The molecule has 0 aromatic heterocycles. The molecule has 3 atom stereocenters. The van der Waals surface area contributed by atoms with Crippen LogP contribution in [0.4, 0.5) is 0 Å². The van der Waals surface area contributed by atoms with Crippen molar-refractivity contribution in [3.05, 3.63) is 22.2 Å². The first kappa shape index (κ1) is 17.1. The summed E-state index contributed by atoms with van der Waals surface area (Å²) in [5.74, 6) is 1.66. The lowest BCUT2D eigenvalue weighted by Gasteiger charge is -2.33. The van der Waals surface area contributed by atoms with Gasteiger partial charge in [-0.05, 0) is 55.7 Å². The van der Waals surface area contributed by atoms with E-state index in [0.717, 1.165) is 24.8 Å². The summed E-state index contributed by atoms with van der Waals surface area (Å²) in [6.45, 7) is 6.30. The average Bonchev–Trinajstić information content (AvgIpc) is 2.35. The molecule has 1 aromatic rings. The second-order valence-corrected chi connectivity index (χ2v) is 9.45. The van der Waals surface area contributed by atoms with E-state index >= 15 is 0 Å². The van der Waals surface area contributed by atoms with Crippen molar-refractivity contribution in [3.8, 4) is 5.75 Å². The smallest absolute Gasteiger partial charge is 0.265 e. The molecule has 1 saturated carbocycles. The Morgan fingerprint density at radius 1 is 1.24 bits per heavy atom. The highest BCUT2D eigenvalue weighted by Gasteiger charge is 2.28. The van der Waals surface area contributed by atoms with E-state index in [1.165, 1.54) is 6.07 Å². The molecule has 3 nitrogen and oxygen atoms in total. The van der Waals surface area contributed by atoms with Gasteiger partial charge in [-0.15, -0.1) is 0 Å². The Kier molecular flexibility index (Phi) is 5.27. The van der Waals surface area contributed by atoms with Crippen LogP contribution >= 0.6 is 26.6 Å². The molecule has 0 radical (unpaired) electrons. The zero-order chi connectivity index (χ0) is 15.8. The van der Waals surface area contributed by atoms with Crippen LogP contribution in [0.25, 0.3) is 0 Å². The second-order valence-electron chi connectivity index (χ2n) is 6.00. The molecule has 6 heteroatoms. The molecule has 0 saturated heterocycles. The van der Waals surface area contributed by atoms with Crippen molar-refractivity contribution in [2.24, 2.45) is 11.8 Å². The predicted octanol–water partition coefficient (Wildman–Crippen LogP) is 4.89. The number of halogens is 2. The van der Waals surface area contributed by atoms with Gasteiger partial charge >= 0.3 is 0 Å². The molecule has 0 heterocycles. The summed E-state index contributed by atoms with van der Waals surface area (Å²) in [7, 11) is 1.71. The lowest BCUT2D eigenvalue weighted by atomic mass is 9.80. The molecule has 21 heavy (non-hydrogen) atoms. The highest BCUT2D eigenvalue weighted by molar-refractivity contribution is 9.10. The van der Waals surface area contributed by atoms with E-state index in [1.54, 1.807) is 0 Å². The Hall–Kier alpha value is -0.260. The third kappa shape index (κ3) is 4.14. The maximum Gasteiger partial charge on any atom is 0.265 e. The molecular formula is C15H20BrClO3S. The first-order chi connectivity index (χ1) is 9.68. The fourth-order valence-electron chi connectivity index (χ4n) is 2.80. The summed E-state index contributed by atoms with van der Waals surface area (Å²) in [5.41, 5.74) is 0.773. The van der Waals surface area contributed by atoms with Gasteiger partial charge in [0.2, 0.25) is 0 Å².